The number of hydrogen-bond donors (Lipinski definition) is 0. The number of carbonyl (C=O) groups excluding carboxylic acids is 1. The molecule has 0 radical (unpaired) electrons. The van der Waals surface area contributed by atoms with Crippen LogP contribution in [0.1, 0.15) is 24.6 Å². The van der Waals surface area contributed by atoms with E-state index in [4.69, 9.17) is 4.52 Å². The molecular weight excluding hydrogens is 200 g/mol. The SMILES string of the molecule is O=CCc1noc(CC2CCCS2)n1. The molecule has 0 saturated carbocycles. The lowest BCUT2D eigenvalue weighted by Crippen LogP contribution is -2.02. The molecule has 1 unspecified atom stereocenters. The van der Waals surface area contributed by atoms with Crippen molar-refractivity contribution in [1.29, 1.82) is 0 Å². The van der Waals surface area contributed by atoms with E-state index < -0.39 is 0 Å². The van der Waals surface area contributed by atoms with E-state index in [1.807, 2.05) is 11.8 Å². The highest BCUT2D eigenvalue weighted by atomic mass is 32.2. The molecule has 0 N–H and O–H groups in total. The van der Waals surface area contributed by atoms with E-state index in [1.54, 1.807) is 0 Å². The van der Waals surface area contributed by atoms with Gasteiger partial charge >= 0.3 is 0 Å². The Morgan fingerprint density at radius 2 is 2.57 bits per heavy atom. The van der Waals surface area contributed by atoms with Crippen LogP contribution < -0.4 is 0 Å². The summed E-state index contributed by atoms with van der Waals surface area (Å²) in [6.07, 6.45) is 4.40. The Balaban J connectivity index is 1.91. The van der Waals surface area contributed by atoms with Gasteiger partial charge in [-0.2, -0.15) is 16.7 Å². The van der Waals surface area contributed by atoms with Crippen molar-refractivity contribution in [2.24, 2.45) is 0 Å². The smallest absolute Gasteiger partial charge is 0.227 e. The zero-order chi connectivity index (χ0) is 9.80. The number of carbonyl (C=O) groups is 1. The lowest BCUT2D eigenvalue weighted by Gasteiger charge is -2.01. The van der Waals surface area contributed by atoms with Crippen LogP contribution in [0.15, 0.2) is 4.52 Å². The molecule has 2 rings (SSSR count). The molecule has 1 atom stereocenters. The summed E-state index contributed by atoms with van der Waals surface area (Å²) in [7, 11) is 0. The highest BCUT2D eigenvalue weighted by molar-refractivity contribution is 8.00. The number of nitrogens with zero attached hydrogens (tertiary/aromatic N) is 2. The minimum atomic E-state index is 0.251. The zero-order valence-electron chi connectivity index (χ0n) is 7.81. The lowest BCUT2D eigenvalue weighted by atomic mass is 10.2. The minimum Gasteiger partial charge on any atom is -0.339 e. The van der Waals surface area contributed by atoms with Crippen molar-refractivity contribution in [3.05, 3.63) is 11.7 Å². The van der Waals surface area contributed by atoms with Crippen LogP contribution in [0.3, 0.4) is 0 Å². The van der Waals surface area contributed by atoms with E-state index in [1.165, 1.54) is 18.6 Å². The predicted molar refractivity (Wildman–Crippen MR) is 53.3 cm³/mol. The molecule has 0 spiro atoms. The average Bonchev–Trinajstić information content (AvgIpc) is 2.79. The maximum absolute atomic E-state index is 10.2. The lowest BCUT2D eigenvalue weighted by molar-refractivity contribution is -0.107. The van der Waals surface area contributed by atoms with Crippen LogP contribution in [0.4, 0.5) is 0 Å². The number of aldehydes is 1. The van der Waals surface area contributed by atoms with Crippen molar-refractivity contribution >= 4 is 18.0 Å². The number of thioether (sulfide) groups is 1. The fourth-order valence-corrected chi connectivity index (χ4v) is 2.79. The quantitative estimate of drug-likeness (QED) is 0.703. The second-order valence-electron chi connectivity index (χ2n) is 3.31. The molecule has 0 aliphatic carbocycles. The molecule has 0 aromatic carbocycles. The van der Waals surface area contributed by atoms with E-state index in [0.29, 0.717) is 17.0 Å². The third kappa shape index (κ3) is 2.35. The zero-order valence-corrected chi connectivity index (χ0v) is 8.63. The fraction of sp³-hybridized carbons (Fsp3) is 0.667. The molecule has 1 aromatic rings. The van der Waals surface area contributed by atoms with Gasteiger partial charge in [0.15, 0.2) is 5.82 Å². The van der Waals surface area contributed by atoms with E-state index >= 15 is 0 Å². The van der Waals surface area contributed by atoms with Crippen molar-refractivity contribution in [3.8, 4) is 0 Å². The van der Waals surface area contributed by atoms with Gasteiger partial charge in [0, 0.05) is 11.7 Å². The first-order chi connectivity index (χ1) is 6.88. The highest BCUT2D eigenvalue weighted by Gasteiger charge is 2.19. The molecule has 2 heterocycles. The van der Waals surface area contributed by atoms with Gasteiger partial charge in [0.2, 0.25) is 5.89 Å². The van der Waals surface area contributed by atoms with Gasteiger partial charge in [-0.3, -0.25) is 0 Å². The summed E-state index contributed by atoms with van der Waals surface area (Å²) in [5.41, 5.74) is 0. The molecule has 1 aromatic heterocycles. The van der Waals surface area contributed by atoms with Crippen LogP contribution in [0, 0.1) is 0 Å². The van der Waals surface area contributed by atoms with Gasteiger partial charge in [0.25, 0.3) is 0 Å². The Bertz CT molecular complexity index is 308. The van der Waals surface area contributed by atoms with Crippen LogP contribution in [0.2, 0.25) is 0 Å². The van der Waals surface area contributed by atoms with Gasteiger partial charge in [-0.05, 0) is 18.6 Å². The molecule has 4 nitrogen and oxygen atoms in total. The molecule has 1 saturated heterocycles. The van der Waals surface area contributed by atoms with Crippen LogP contribution in [0.25, 0.3) is 0 Å². The van der Waals surface area contributed by atoms with E-state index in [2.05, 4.69) is 10.1 Å². The van der Waals surface area contributed by atoms with Crippen molar-refractivity contribution in [3.63, 3.8) is 0 Å². The molecule has 5 heteroatoms. The van der Waals surface area contributed by atoms with Crippen LogP contribution in [-0.4, -0.2) is 27.4 Å². The van der Waals surface area contributed by atoms with Gasteiger partial charge < -0.3 is 9.32 Å². The summed E-state index contributed by atoms with van der Waals surface area (Å²) >= 11 is 1.96. The van der Waals surface area contributed by atoms with Crippen molar-refractivity contribution in [1.82, 2.24) is 10.1 Å². The summed E-state index contributed by atoms with van der Waals surface area (Å²) in [6, 6.07) is 0. The predicted octanol–water partition coefficient (Wildman–Crippen LogP) is 1.25. The Labute approximate surface area is 86.4 Å². The van der Waals surface area contributed by atoms with E-state index in [-0.39, 0.29) is 6.42 Å². The maximum Gasteiger partial charge on any atom is 0.227 e. The largest absolute Gasteiger partial charge is 0.339 e. The molecule has 14 heavy (non-hydrogen) atoms. The van der Waals surface area contributed by atoms with Gasteiger partial charge in [0.1, 0.15) is 6.29 Å². The molecule has 1 aliphatic rings. The topological polar surface area (TPSA) is 56.0 Å². The van der Waals surface area contributed by atoms with Crippen LogP contribution in [-0.2, 0) is 17.6 Å². The summed E-state index contributed by atoms with van der Waals surface area (Å²) in [5, 5.41) is 4.35. The molecule has 0 bridgehead atoms. The number of rotatable bonds is 4. The van der Waals surface area contributed by atoms with Crippen LogP contribution >= 0.6 is 11.8 Å². The van der Waals surface area contributed by atoms with Gasteiger partial charge in [-0.15, -0.1) is 0 Å². The Morgan fingerprint density at radius 3 is 3.29 bits per heavy atom. The summed E-state index contributed by atoms with van der Waals surface area (Å²) in [6.45, 7) is 0. The first-order valence-electron chi connectivity index (χ1n) is 4.75. The third-order valence-corrected chi connectivity index (χ3v) is 3.60. The van der Waals surface area contributed by atoms with Gasteiger partial charge in [-0.1, -0.05) is 5.16 Å². The average molecular weight is 212 g/mol. The Hall–Kier alpha value is -0.840. The first kappa shape index (κ1) is 9.71. The van der Waals surface area contributed by atoms with Gasteiger partial charge in [0.05, 0.1) is 6.42 Å². The number of aromatic nitrogens is 2. The first-order valence-corrected chi connectivity index (χ1v) is 5.80. The molecule has 76 valence electrons. The van der Waals surface area contributed by atoms with Crippen molar-refractivity contribution in [2.45, 2.75) is 30.9 Å². The normalized spacial score (nSPS) is 21.3. The Kier molecular flexibility index (Phi) is 3.18. The van der Waals surface area contributed by atoms with Crippen molar-refractivity contribution < 1.29 is 9.32 Å². The summed E-state index contributed by atoms with van der Waals surface area (Å²) in [5.74, 6) is 2.40. The summed E-state index contributed by atoms with van der Waals surface area (Å²) in [4.78, 5) is 14.3. The second kappa shape index (κ2) is 4.59. The van der Waals surface area contributed by atoms with Crippen LogP contribution in [0.5, 0.6) is 0 Å². The molecule has 0 amide bonds. The van der Waals surface area contributed by atoms with Gasteiger partial charge in [-0.25, -0.2) is 0 Å². The van der Waals surface area contributed by atoms with E-state index in [0.717, 1.165) is 12.7 Å². The minimum absolute atomic E-state index is 0.251. The standard InChI is InChI=1S/C9H12N2O2S/c12-4-3-8-10-9(13-11-8)6-7-2-1-5-14-7/h4,7H,1-3,5-6H2. The summed E-state index contributed by atoms with van der Waals surface area (Å²) < 4.78 is 5.05. The fourth-order valence-electron chi connectivity index (χ4n) is 1.53. The molecular formula is C9H12N2O2S. The monoisotopic (exact) mass is 212 g/mol. The number of hydrogen-bond acceptors (Lipinski definition) is 5. The highest BCUT2D eigenvalue weighted by Crippen LogP contribution is 2.28. The molecule has 1 fully saturated rings. The maximum atomic E-state index is 10.2. The van der Waals surface area contributed by atoms with E-state index in [9.17, 15) is 4.79 Å². The molecule has 1 aliphatic heterocycles. The Morgan fingerprint density at radius 1 is 1.64 bits per heavy atom. The van der Waals surface area contributed by atoms with Crippen molar-refractivity contribution in [2.75, 3.05) is 5.75 Å². The third-order valence-electron chi connectivity index (χ3n) is 2.20. The second-order valence-corrected chi connectivity index (χ2v) is 4.72.